The SMILES string of the molecule is CCCc1nc(N)nc(C(C)(CC)OC)n1. The average molecular weight is 224 g/mol. The average Bonchev–Trinajstić information content (AvgIpc) is 2.27. The van der Waals surface area contributed by atoms with E-state index in [1.807, 2.05) is 13.8 Å². The maximum absolute atomic E-state index is 5.68. The number of ether oxygens (including phenoxy) is 1. The highest BCUT2D eigenvalue weighted by Gasteiger charge is 2.28. The van der Waals surface area contributed by atoms with E-state index in [4.69, 9.17) is 10.5 Å². The van der Waals surface area contributed by atoms with E-state index in [9.17, 15) is 0 Å². The van der Waals surface area contributed by atoms with Gasteiger partial charge in [0.1, 0.15) is 11.4 Å². The number of aromatic nitrogens is 3. The first-order valence-electron chi connectivity index (χ1n) is 5.61. The van der Waals surface area contributed by atoms with Crippen molar-refractivity contribution in [1.29, 1.82) is 0 Å². The first-order valence-corrected chi connectivity index (χ1v) is 5.61. The molecule has 5 heteroatoms. The molecule has 2 N–H and O–H groups in total. The van der Waals surface area contributed by atoms with E-state index < -0.39 is 5.60 Å². The molecule has 0 saturated heterocycles. The van der Waals surface area contributed by atoms with Crippen molar-refractivity contribution in [3.8, 4) is 0 Å². The number of aryl methyl sites for hydroxylation is 1. The molecule has 0 aliphatic heterocycles. The summed E-state index contributed by atoms with van der Waals surface area (Å²) in [7, 11) is 1.66. The molecule has 0 spiro atoms. The predicted molar refractivity (Wildman–Crippen MR) is 62.9 cm³/mol. The number of hydrogen-bond donors (Lipinski definition) is 1. The molecule has 1 atom stereocenters. The van der Waals surface area contributed by atoms with Crippen LogP contribution in [0.15, 0.2) is 0 Å². The van der Waals surface area contributed by atoms with Crippen molar-refractivity contribution in [2.24, 2.45) is 0 Å². The van der Waals surface area contributed by atoms with Gasteiger partial charge in [-0.3, -0.25) is 0 Å². The second-order valence-electron chi connectivity index (χ2n) is 3.97. The highest BCUT2D eigenvalue weighted by Crippen LogP contribution is 2.25. The molecule has 0 amide bonds. The molecule has 90 valence electrons. The zero-order valence-corrected chi connectivity index (χ0v) is 10.4. The van der Waals surface area contributed by atoms with Crippen LogP contribution in [0.4, 0.5) is 5.95 Å². The Bertz CT molecular complexity index is 350. The summed E-state index contributed by atoms with van der Waals surface area (Å²) in [6, 6.07) is 0. The number of methoxy groups -OCH3 is 1. The quantitative estimate of drug-likeness (QED) is 0.823. The molecule has 5 nitrogen and oxygen atoms in total. The zero-order chi connectivity index (χ0) is 12.2. The van der Waals surface area contributed by atoms with Gasteiger partial charge in [0, 0.05) is 13.5 Å². The van der Waals surface area contributed by atoms with Crippen molar-refractivity contribution in [3.63, 3.8) is 0 Å². The first kappa shape index (κ1) is 12.8. The minimum atomic E-state index is -0.487. The van der Waals surface area contributed by atoms with Gasteiger partial charge in [-0.05, 0) is 19.8 Å². The second kappa shape index (κ2) is 5.21. The number of nitrogens with two attached hydrogens (primary N) is 1. The monoisotopic (exact) mass is 224 g/mol. The lowest BCUT2D eigenvalue weighted by Crippen LogP contribution is -2.27. The molecule has 16 heavy (non-hydrogen) atoms. The molecule has 0 bridgehead atoms. The van der Waals surface area contributed by atoms with Crippen LogP contribution in [0.3, 0.4) is 0 Å². The number of anilines is 1. The van der Waals surface area contributed by atoms with Crippen molar-refractivity contribution in [2.45, 2.75) is 45.6 Å². The molecule has 1 rings (SSSR count). The summed E-state index contributed by atoms with van der Waals surface area (Å²) in [4.78, 5) is 12.7. The van der Waals surface area contributed by atoms with Gasteiger partial charge in [-0.25, -0.2) is 4.98 Å². The highest BCUT2D eigenvalue weighted by atomic mass is 16.5. The molecule has 1 aromatic heterocycles. The van der Waals surface area contributed by atoms with Crippen LogP contribution >= 0.6 is 0 Å². The molecule has 0 aliphatic carbocycles. The van der Waals surface area contributed by atoms with Crippen LogP contribution in [-0.4, -0.2) is 22.1 Å². The summed E-state index contributed by atoms with van der Waals surface area (Å²) in [5, 5.41) is 0. The van der Waals surface area contributed by atoms with E-state index in [2.05, 4.69) is 21.9 Å². The fourth-order valence-electron chi connectivity index (χ4n) is 1.40. The summed E-state index contributed by atoms with van der Waals surface area (Å²) in [5.41, 5.74) is 5.19. The van der Waals surface area contributed by atoms with Crippen molar-refractivity contribution >= 4 is 5.95 Å². The van der Waals surface area contributed by atoms with Gasteiger partial charge in [-0.15, -0.1) is 0 Å². The van der Waals surface area contributed by atoms with Crippen molar-refractivity contribution < 1.29 is 4.74 Å². The van der Waals surface area contributed by atoms with Crippen LogP contribution in [0.2, 0.25) is 0 Å². The lowest BCUT2D eigenvalue weighted by Gasteiger charge is -2.25. The fourth-order valence-corrected chi connectivity index (χ4v) is 1.40. The van der Waals surface area contributed by atoms with E-state index in [0.29, 0.717) is 5.82 Å². The summed E-state index contributed by atoms with van der Waals surface area (Å²) < 4.78 is 5.45. The van der Waals surface area contributed by atoms with Gasteiger partial charge in [0.05, 0.1) is 0 Å². The van der Waals surface area contributed by atoms with Gasteiger partial charge < -0.3 is 10.5 Å². The number of nitrogens with zero attached hydrogens (tertiary/aromatic N) is 3. The van der Waals surface area contributed by atoms with Crippen LogP contribution in [0, 0.1) is 0 Å². The van der Waals surface area contributed by atoms with Crippen molar-refractivity contribution in [1.82, 2.24) is 15.0 Å². The minimum absolute atomic E-state index is 0.269. The van der Waals surface area contributed by atoms with Gasteiger partial charge in [0.25, 0.3) is 0 Å². The first-order chi connectivity index (χ1) is 7.55. The Balaban J connectivity index is 3.12. The third-order valence-electron chi connectivity index (χ3n) is 2.77. The molecule has 0 aliphatic rings. The maximum atomic E-state index is 5.68. The van der Waals surface area contributed by atoms with Gasteiger partial charge in [0.2, 0.25) is 5.95 Å². The summed E-state index contributed by atoms with van der Waals surface area (Å²) in [6.07, 6.45) is 2.58. The minimum Gasteiger partial charge on any atom is -0.371 e. The van der Waals surface area contributed by atoms with E-state index in [1.165, 1.54) is 0 Å². The third kappa shape index (κ3) is 2.66. The number of rotatable bonds is 5. The van der Waals surface area contributed by atoms with Crippen LogP contribution in [0.5, 0.6) is 0 Å². The zero-order valence-electron chi connectivity index (χ0n) is 10.4. The van der Waals surface area contributed by atoms with E-state index in [1.54, 1.807) is 7.11 Å². The van der Waals surface area contributed by atoms with Crippen molar-refractivity contribution in [3.05, 3.63) is 11.6 Å². The third-order valence-corrected chi connectivity index (χ3v) is 2.77. The summed E-state index contributed by atoms with van der Waals surface area (Å²) in [6.45, 7) is 6.06. The Morgan fingerprint density at radius 2 is 1.94 bits per heavy atom. The molecule has 1 heterocycles. The van der Waals surface area contributed by atoms with E-state index >= 15 is 0 Å². The topological polar surface area (TPSA) is 73.9 Å². The number of hydrogen-bond acceptors (Lipinski definition) is 5. The lowest BCUT2D eigenvalue weighted by atomic mass is 10.0. The van der Waals surface area contributed by atoms with Gasteiger partial charge in [0.15, 0.2) is 5.82 Å². The molecule has 0 saturated carbocycles. The second-order valence-corrected chi connectivity index (χ2v) is 3.97. The summed E-state index contributed by atoms with van der Waals surface area (Å²) >= 11 is 0. The summed E-state index contributed by atoms with van der Waals surface area (Å²) in [5.74, 6) is 1.63. The van der Waals surface area contributed by atoms with Crippen LogP contribution < -0.4 is 5.73 Å². The molecule has 1 unspecified atom stereocenters. The Kier molecular flexibility index (Phi) is 4.18. The molecular weight excluding hydrogens is 204 g/mol. The molecule has 0 fully saturated rings. The molecule has 0 radical (unpaired) electrons. The molecule has 0 aromatic carbocycles. The van der Waals surface area contributed by atoms with Crippen LogP contribution in [-0.2, 0) is 16.8 Å². The molecular formula is C11H20N4O. The van der Waals surface area contributed by atoms with Crippen LogP contribution in [0.1, 0.15) is 45.3 Å². The standard InChI is InChI=1S/C11H20N4O/c1-5-7-8-13-9(15-10(12)14-8)11(3,6-2)16-4/h5-7H2,1-4H3,(H2,12,13,14,15). The van der Waals surface area contributed by atoms with E-state index in [-0.39, 0.29) is 5.95 Å². The smallest absolute Gasteiger partial charge is 0.223 e. The van der Waals surface area contributed by atoms with Gasteiger partial charge in [-0.1, -0.05) is 13.8 Å². The lowest BCUT2D eigenvalue weighted by molar-refractivity contribution is -0.00922. The highest BCUT2D eigenvalue weighted by molar-refractivity contribution is 5.18. The molecule has 1 aromatic rings. The Morgan fingerprint density at radius 1 is 1.25 bits per heavy atom. The normalized spacial score (nSPS) is 14.8. The van der Waals surface area contributed by atoms with Gasteiger partial charge >= 0.3 is 0 Å². The Labute approximate surface area is 96.5 Å². The van der Waals surface area contributed by atoms with Crippen LogP contribution in [0.25, 0.3) is 0 Å². The Morgan fingerprint density at radius 3 is 2.44 bits per heavy atom. The van der Waals surface area contributed by atoms with E-state index in [0.717, 1.165) is 25.1 Å². The predicted octanol–water partition coefficient (Wildman–Crippen LogP) is 1.68. The maximum Gasteiger partial charge on any atom is 0.223 e. The fraction of sp³-hybridized carbons (Fsp3) is 0.727. The number of nitrogen functional groups attached to an aromatic ring is 1. The van der Waals surface area contributed by atoms with Crippen molar-refractivity contribution in [2.75, 3.05) is 12.8 Å². The largest absolute Gasteiger partial charge is 0.371 e. The van der Waals surface area contributed by atoms with Gasteiger partial charge in [-0.2, -0.15) is 9.97 Å². The Hall–Kier alpha value is -1.23.